The van der Waals surface area contributed by atoms with Gasteiger partial charge < -0.3 is 0 Å². The topological polar surface area (TPSA) is 57.6 Å². The summed E-state index contributed by atoms with van der Waals surface area (Å²) in [5, 5.41) is 4.29. The van der Waals surface area contributed by atoms with Gasteiger partial charge in [-0.3, -0.25) is 9.69 Å². The summed E-state index contributed by atoms with van der Waals surface area (Å²) in [6.07, 6.45) is 3.12. The molecule has 0 atom stereocenters. The van der Waals surface area contributed by atoms with Crippen molar-refractivity contribution in [2.75, 3.05) is 13.6 Å². The number of halogens is 3. The standard InChI is InChI=1S/C16H15BrClFN4O/c1-23(9-12-3-5-15(18)20-7-12)10-16(24)22-21-8-11-2-4-14(19)13(17)6-11/h2-8H,9-10H2,1H3,(H,22,24)/b21-8+. The van der Waals surface area contributed by atoms with Crippen molar-refractivity contribution in [1.82, 2.24) is 15.3 Å². The van der Waals surface area contributed by atoms with E-state index in [1.807, 2.05) is 18.0 Å². The lowest BCUT2D eigenvalue weighted by Crippen LogP contribution is -2.32. The molecule has 0 saturated carbocycles. The average molecular weight is 414 g/mol. The number of hydrazone groups is 1. The van der Waals surface area contributed by atoms with E-state index in [0.29, 0.717) is 21.7 Å². The summed E-state index contributed by atoms with van der Waals surface area (Å²) in [7, 11) is 1.81. The molecule has 2 aromatic rings. The van der Waals surface area contributed by atoms with Crippen LogP contribution in [0.2, 0.25) is 5.15 Å². The Morgan fingerprint density at radius 3 is 2.92 bits per heavy atom. The molecule has 24 heavy (non-hydrogen) atoms. The van der Waals surface area contributed by atoms with Gasteiger partial charge in [-0.25, -0.2) is 14.8 Å². The van der Waals surface area contributed by atoms with Crippen molar-refractivity contribution in [2.24, 2.45) is 5.10 Å². The molecular formula is C16H15BrClFN4O. The van der Waals surface area contributed by atoms with E-state index >= 15 is 0 Å². The van der Waals surface area contributed by atoms with Gasteiger partial charge in [0.25, 0.3) is 5.91 Å². The van der Waals surface area contributed by atoms with Crippen molar-refractivity contribution in [3.8, 4) is 0 Å². The first-order valence-electron chi connectivity index (χ1n) is 7.00. The molecule has 0 radical (unpaired) electrons. The maximum atomic E-state index is 13.1. The van der Waals surface area contributed by atoms with Gasteiger partial charge in [0.1, 0.15) is 11.0 Å². The third-order valence-corrected chi connectivity index (χ3v) is 3.83. The van der Waals surface area contributed by atoms with Gasteiger partial charge in [-0.1, -0.05) is 23.7 Å². The minimum atomic E-state index is -0.352. The maximum absolute atomic E-state index is 13.1. The smallest absolute Gasteiger partial charge is 0.254 e. The van der Waals surface area contributed by atoms with Crippen LogP contribution in [0, 0.1) is 5.82 Å². The number of carbonyl (C=O) groups excluding carboxylic acids is 1. The zero-order valence-electron chi connectivity index (χ0n) is 12.8. The number of nitrogens with one attached hydrogen (secondary N) is 1. The fraction of sp³-hybridized carbons (Fsp3) is 0.188. The second kappa shape index (κ2) is 8.86. The number of pyridine rings is 1. The van der Waals surface area contributed by atoms with Crippen molar-refractivity contribution < 1.29 is 9.18 Å². The van der Waals surface area contributed by atoms with Crippen molar-refractivity contribution in [2.45, 2.75) is 6.54 Å². The lowest BCUT2D eigenvalue weighted by atomic mass is 10.2. The Balaban J connectivity index is 1.80. The molecule has 1 aromatic heterocycles. The molecule has 126 valence electrons. The molecule has 5 nitrogen and oxygen atoms in total. The van der Waals surface area contributed by atoms with E-state index in [4.69, 9.17) is 11.6 Å². The van der Waals surface area contributed by atoms with Crippen LogP contribution in [0.4, 0.5) is 4.39 Å². The number of amides is 1. The second-order valence-electron chi connectivity index (χ2n) is 5.13. The monoisotopic (exact) mass is 412 g/mol. The van der Waals surface area contributed by atoms with Gasteiger partial charge in [-0.15, -0.1) is 0 Å². The Hall–Kier alpha value is -1.83. The summed E-state index contributed by atoms with van der Waals surface area (Å²) in [5.74, 6) is -0.605. The van der Waals surface area contributed by atoms with Crippen LogP contribution in [0.1, 0.15) is 11.1 Å². The van der Waals surface area contributed by atoms with Crippen LogP contribution < -0.4 is 5.43 Å². The Bertz CT molecular complexity index is 739. The van der Waals surface area contributed by atoms with Crippen LogP contribution in [0.3, 0.4) is 0 Å². The fourth-order valence-electron chi connectivity index (χ4n) is 1.92. The second-order valence-corrected chi connectivity index (χ2v) is 6.37. The third kappa shape index (κ3) is 5.99. The highest BCUT2D eigenvalue weighted by Crippen LogP contribution is 2.15. The molecule has 1 N–H and O–H groups in total. The summed E-state index contributed by atoms with van der Waals surface area (Å²) in [6.45, 7) is 0.735. The number of nitrogens with zero attached hydrogens (tertiary/aromatic N) is 3. The molecule has 0 spiro atoms. The van der Waals surface area contributed by atoms with E-state index in [9.17, 15) is 9.18 Å². The van der Waals surface area contributed by atoms with Crippen LogP contribution in [0.5, 0.6) is 0 Å². The predicted octanol–water partition coefficient (Wildman–Crippen LogP) is 3.22. The minimum absolute atomic E-state index is 0.174. The number of hydrogen-bond donors (Lipinski definition) is 1. The average Bonchev–Trinajstić information content (AvgIpc) is 2.53. The molecule has 8 heteroatoms. The van der Waals surface area contributed by atoms with Crippen molar-refractivity contribution in [3.05, 3.63) is 63.1 Å². The normalized spacial score (nSPS) is 11.2. The third-order valence-electron chi connectivity index (χ3n) is 3.00. The highest BCUT2D eigenvalue weighted by atomic mass is 79.9. The molecule has 1 amide bonds. The Morgan fingerprint density at radius 1 is 1.46 bits per heavy atom. The zero-order chi connectivity index (χ0) is 17.5. The van der Waals surface area contributed by atoms with Gasteiger partial charge in [0.05, 0.1) is 17.2 Å². The highest BCUT2D eigenvalue weighted by Gasteiger charge is 2.06. The summed E-state index contributed by atoms with van der Waals surface area (Å²) in [5.41, 5.74) is 4.06. The van der Waals surface area contributed by atoms with Gasteiger partial charge in [0, 0.05) is 12.7 Å². The van der Waals surface area contributed by atoms with Crippen LogP contribution in [-0.4, -0.2) is 35.6 Å². The van der Waals surface area contributed by atoms with Crippen LogP contribution in [0.15, 0.2) is 46.1 Å². The van der Waals surface area contributed by atoms with Crippen LogP contribution in [-0.2, 0) is 11.3 Å². The molecule has 0 fully saturated rings. The fourth-order valence-corrected chi connectivity index (χ4v) is 2.43. The van der Waals surface area contributed by atoms with E-state index in [1.54, 1.807) is 24.4 Å². The SMILES string of the molecule is CN(CC(=O)N/N=C/c1ccc(F)c(Br)c1)Cc1ccc(Cl)nc1. The van der Waals surface area contributed by atoms with Gasteiger partial charge in [0.15, 0.2) is 0 Å². The number of rotatable bonds is 6. The summed E-state index contributed by atoms with van der Waals surface area (Å²) in [4.78, 5) is 17.7. The lowest BCUT2D eigenvalue weighted by molar-refractivity contribution is -0.122. The highest BCUT2D eigenvalue weighted by molar-refractivity contribution is 9.10. The first-order chi connectivity index (χ1) is 11.4. The number of likely N-dealkylation sites (N-methyl/N-ethyl adjacent to an activating group) is 1. The van der Waals surface area contributed by atoms with Crippen LogP contribution in [0.25, 0.3) is 0 Å². The van der Waals surface area contributed by atoms with Gasteiger partial charge >= 0.3 is 0 Å². The summed E-state index contributed by atoms with van der Waals surface area (Å²) < 4.78 is 13.5. The lowest BCUT2D eigenvalue weighted by Gasteiger charge is -2.15. The van der Waals surface area contributed by atoms with Crippen molar-refractivity contribution >= 4 is 39.7 Å². The quantitative estimate of drug-likeness (QED) is 0.449. The number of aromatic nitrogens is 1. The molecular weight excluding hydrogens is 399 g/mol. The van der Waals surface area contributed by atoms with E-state index in [1.165, 1.54) is 12.3 Å². The van der Waals surface area contributed by atoms with E-state index in [0.717, 1.165) is 5.56 Å². The molecule has 0 bridgehead atoms. The Labute approximate surface area is 152 Å². The van der Waals surface area contributed by atoms with Crippen molar-refractivity contribution in [3.63, 3.8) is 0 Å². The van der Waals surface area contributed by atoms with Crippen molar-refractivity contribution in [1.29, 1.82) is 0 Å². The molecule has 1 heterocycles. The Kier molecular flexibility index (Phi) is 6.84. The van der Waals surface area contributed by atoms with E-state index in [-0.39, 0.29) is 18.3 Å². The first kappa shape index (κ1) is 18.5. The largest absolute Gasteiger partial charge is 0.293 e. The molecule has 1 aromatic carbocycles. The summed E-state index contributed by atoms with van der Waals surface area (Å²) >= 11 is 8.82. The summed E-state index contributed by atoms with van der Waals surface area (Å²) in [6, 6.07) is 8.02. The first-order valence-corrected chi connectivity index (χ1v) is 8.17. The predicted molar refractivity (Wildman–Crippen MR) is 95.4 cm³/mol. The molecule has 0 saturated heterocycles. The van der Waals surface area contributed by atoms with Crippen LogP contribution >= 0.6 is 27.5 Å². The van der Waals surface area contributed by atoms with Gasteiger partial charge in [-0.2, -0.15) is 5.10 Å². The molecule has 2 rings (SSSR count). The minimum Gasteiger partial charge on any atom is -0.293 e. The molecule has 0 aliphatic heterocycles. The number of hydrogen-bond acceptors (Lipinski definition) is 4. The number of carbonyl (C=O) groups is 1. The molecule has 0 unspecified atom stereocenters. The number of benzene rings is 1. The zero-order valence-corrected chi connectivity index (χ0v) is 15.2. The van der Waals surface area contributed by atoms with E-state index < -0.39 is 0 Å². The van der Waals surface area contributed by atoms with Gasteiger partial charge in [-0.05, 0) is 52.3 Å². The molecule has 0 aliphatic rings. The Morgan fingerprint density at radius 2 is 2.25 bits per heavy atom. The van der Waals surface area contributed by atoms with E-state index in [2.05, 4.69) is 31.4 Å². The molecule has 0 aliphatic carbocycles. The van der Waals surface area contributed by atoms with Gasteiger partial charge in [0.2, 0.25) is 0 Å². The maximum Gasteiger partial charge on any atom is 0.254 e.